The summed E-state index contributed by atoms with van der Waals surface area (Å²) in [6, 6.07) is -0.0212. The number of anilines is 3. The summed E-state index contributed by atoms with van der Waals surface area (Å²) in [5, 5.41) is 9.05. The average Bonchev–Trinajstić information content (AvgIpc) is 2.50. The normalized spacial score (nSPS) is 24.4. The number of ether oxygens (including phenoxy) is 1. The van der Waals surface area contributed by atoms with E-state index in [-0.39, 0.29) is 24.0 Å². The van der Waals surface area contributed by atoms with E-state index in [1.54, 1.807) is 0 Å². The number of fused-ring (bicyclic) bond motifs is 1. The minimum atomic E-state index is -0.501. The van der Waals surface area contributed by atoms with E-state index in [4.69, 9.17) is 4.74 Å². The largest absolute Gasteiger partial charge is 0.444 e. The van der Waals surface area contributed by atoms with Gasteiger partial charge in [0.25, 0.3) is 0 Å². The highest BCUT2D eigenvalue weighted by molar-refractivity contribution is 6.03. The van der Waals surface area contributed by atoms with Crippen molar-refractivity contribution in [2.24, 2.45) is 0 Å². The second-order valence-electron chi connectivity index (χ2n) is 8.26. The first-order chi connectivity index (χ1) is 12.5. The van der Waals surface area contributed by atoms with Gasteiger partial charge in [-0.15, -0.1) is 0 Å². The van der Waals surface area contributed by atoms with Crippen molar-refractivity contribution in [3.05, 3.63) is 5.69 Å². The first kappa shape index (κ1) is 19.2. The van der Waals surface area contributed by atoms with E-state index in [2.05, 4.69) is 25.9 Å². The first-order valence-corrected chi connectivity index (χ1v) is 9.22. The van der Waals surface area contributed by atoms with Crippen LogP contribution in [0, 0.1) is 6.92 Å². The maximum atomic E-state index is 12.0. The minimum Gasteiger partial charge on any atom is -0.444 e. The van der Waals surface area contributed by atoms with Gasteiger partial charge < -0.3 is 25.6 Å². The number of nitrogens with zero attached hydrogens (tertiary/aromatic N) is 3. The van der Waals surface area contributed by atoms with Gasteiger partial charge in [0.15, 0.2) is 5.82 Å². The van der Waals surface area contributed by atoms with Crippen LogP contribution in [0.15, 0.2) is 0 Å². The lowest BCUT2D eigenvalue weighted by Gasteiger charge is -2.37. The molecule has 3 N–H and O–H groups in total. The summed E-state index contributed by atoms with van der Waals surface area (Å²) in [7, 11) is 1.85. The van der Waals surface area contributed by atoms with Crippen molar-refractivity contribution in [2.45, 2.75) is 71.2 Å². The van der Waals surface area contributed by atoms with Gasteiger partial charge in [0.1, 0.15) is 17.3 Å². The fourth-order valence-electron chi connectivity index (χ4n) is 3.12. The van der Waals surface area contributed by atoms with Crippen LogP contribution in [0.3, 0.4) is 0 Å². The molecule has 0 saturated heterocycles. The number of alkyl carbamates (subject to hydrolysis) is 1. The highest BCUT2D eigenvalue weighted by Crippen LogP contribution is 2.33. The summed E-state index contributed by atoms with van der Waals surface area (Å²) >= 11 is 0. The molecule has 148 valence electrons. The van der Waals surface area contributed by atoms with Crippen molar-refractivity contribution < 1.29 is 14.3 Å². The fourth-order valence-corrected chi connectivity index (χ4v) is 3.12. The Hall–Kier alpha value is -2.58. The van der Waals surface area contributed by atoms with Crippen LogP contribution < -0.4 is 20.9 Å². The lowest BCUT2D eigenvalue weighted by atomic mass is 9.87. The van der Waals surface area contributed by atoms with Gasteiger partial charge in [0.05, 0.1) is 5.69 Å². The minimum absolute atomic E-state index is 0.0625. The average molecular weight is 376 g/mol. The molecule has 0 bridgehead atoms. The second kappa shape index (κ2) is 6.86. The van der Waals surface area contributed by atoms with Crippen LogP contribution in [-0.4, -0.2) is 52.7 Å². The zero-order chi connectivity index (χ0) is 19.9. The van der Waals surface area contributed by atoms with Crippen LogP contribution in [-0.2, 0) is 9.53 Å². The van der Waals surface area contributed by atoms with Crippen LogP contribution in [0.5, 0.6) is 0 Å². The number of hydrogen-bond donors (Lipinski definition) is 3. The molecule has 0 radical (unpaired) electrons. The number of rotatable bonds is 3. The molecule has 9 heteroatoms. The van der Waals surface area contributed by atoms with E-state index in [0.29, 0.717) is 17.5 Å². The molecule has 2 aliphatic rings. The Kier molecular flexibility index (Phi) is 4.88. The number of hydrogen-bond acceptors (Lipinski definition) is 7. The summed E-state index contributed by atoms with van der Waals surface area (Å²) in [6.45, 7) is 9.21. The molecule has 1 atom stereocenters. The van der Waals surface area contributed by atoms with Crippen molar-refractivity contribution in [2.75, 3.05) is 22.6 Å². The number of aromatic nitrogens is 2. The Balaban J connectivity index is 1.58. The summed E-state index contributed by atoms with van der Waals surface area (Å²) in [5.74, 6) is 1.18. The van der Waals surface area contributed by atoms with Gasteiger partial charge in [-0.2, -0.15) is 4.98 Å². The van der Waals surface area contributed by atoms with Crippen molar-refractivity contribution in [1.82, 2.24) is 15.3 Å². The third-order valence-corrected chi connectivity index (χ3v) is 4.81. The van der Waals surface area contributed by atoms with E-state index in [9.17, 15) is 9.59 Å². The van der Waals surface area contributed by atoms with Gasteiger partial charge >= 0.3 is 6.09 Å². The van der Waals surface area contributed by atoms with Gasteiger partial charge in [0.2, 0.25) is 11.9 Å². The third kappa shape index (κ3) is 4.23. The molecule has 0 spiro atoms. The van der Waals surface area contributed by atoms with E-state index in [1.807, 2.05) is 46.6 Å². The molecule has 1 aromatic heterocycles. The first-order valence-electron chi connectivity index (χ1n) is 9.22. The zero-order valence-corrected chi connectivity index (χ0v) is 16.7. The van der Waals surface area contributed by atoms with Gasteiger partial charge in [-0.3, -0.25) is 4.79 Å². The Labute approximate surface area is 159 Å². The van der Waals surface area contributed by atoms with Crippen molar-refractivity contribution in [3.8, 4) is 0 Å². The van der Waals surface area contributed by atoms with Crippen LogP contribution >= 0.6 is 0 Å². The van der Waals surface area contributed by atoms with Crippen molar-refractivity contribution in [1.29, 1.82) is 0 Å². The van der Waals surface area contributed by atoms with Crippen LogP contribution in [0.1, 0.15) is 46.2 Å². The topological polar surface area (TPSA) is 108 Å². The zero-order valence-electron chi connectivity index (χ0n) is 16.7. The molecule has 0 unspecified atom stereocenters. The van der Waals surface area contributed by atoms with Crippen LogP contribution in [0.4, 0.5) is 22.2 Å². The monoisotopic (exact) mass is 376 g/mol. The fraction of sp³-hybridized carbons (Fsp3) is 0.667. The summed E-state index contributed by atoms with van der Waals surface area (Å²) in [6.07, 6.45) is 1.17. The number of carbonyl (C=O) groups excluding carboxylic acids is 2. The molecule has 3 rings (SSSR count). The Morgan fingerprint density at radius 1 is 1.26 bits per heavy atom. The summed E-state index contributed by atoms with van der Waals surface area (Å²) < 4.78 is 5.27. The number of aryl methyl sites for hydroxylation is 1. The quantitative estimate of drug-likeness (QED) is 0.740. The van der Waals surface area contributed by atoms with E-state index >= 15 is 0 Å². The van der Waals surface area contributed by atoms with Gasteiger partial charge in [-0.25, -0.2) is 9.78 Å². The van der Waals surface area contributed by atoms with Gasteiger partial charge in [-0.1, -0.05) is 0 Å². The molecule has 1 fully saturated rings. The maximum absolute atomic E-state index is 12.0. The van der Waals surface area contributed by atoms with Crippen LogP contribution in [0.25, 0.3) is 0 Å². The standard InChI is InChI=1S/C18H28N6O3/c1-9-13-14(24(6)10(2)15(25)22-13)23-16(19-9)20-11-7-12(8-11)21-17(26)27-18(3,4)5/h10-12H,7-8H2,1-6H3,(H,21,26)(H,22,25)(H,19,20,23)/t10-,11-,12-/m0/s1. The van der Waals surface area contributed by atoms with Gasteiger partial charge in [-0.05, 0) is 47.5 Å². The molecule has 27 heavy (non-hydrogen) atoms. The second-order valence-corrected chi connectivity index (χ2v) is 8.26. The Morgan fingerprint density at radius 2 is 1.93 bits per heavy atom. The molecule has 1 saturated carbocycles. The molecule has 2 heterocycles. The Morgan fingerprint density at radius 3 is 2.56 bits per heavy atom. The molecular weight excluding hydrogens is 348 g/mol. The number of carbonyl (C=O) groups is 2. The van der Waals surface area contributed by atoms with Crippen molar-refractivity contribution in [3.63, 3.8) is 0 Å². The van der Waals surface area contributed by atoms with E-state index in [0.717, 1.165) is 18.5 Å². The molecule has 1 aliphatic heterocycles. The number of likely N-dealkylation sites (N-methyl/N-ethyl adjacent to an activating group) is 1. The molecule has 1 aliphatic carbocycles. The predicted octanol–water partition coefficient (Wildman–Crippen LogP) is 2.03. The van der Waals surface area contributed by atoms with Crippen molar-refractivity contribution >= 4 is 29.5 Å². The highest BCUT2D eigenvalue weighted by Gasteiger charge is 2.34. The van der Waals surface area contributed by atoms with E-state index < -0.39 is 11.7 Å². The molecular formula is C18H28N6O3. The SMILES string of the molecule is Cc1nc(N[C@H]2C[C@H](NC(=O)OC(C)(C)C)C2)nc2c1NC(=O)[C@H](C)N2C. The lowest BCUT2D eigenvalue weighted by Crippen LogP contribution is -2.51. The summed E-state index contributed by atoms with van der Waals surface area (Å²) in [4.78, 5) is 34.7. The van der Waals surface area contributed by atoms with Crippen LogP contribution in [0.2, 0.25) is 0 Å². The number of nitrogens with one attached hydrogen (secondary N) is 3. The third-order valence-electron chi connectivity index (χ3n) is 4.81. The molecule has 1 aromatic rings. The van der Waals surface area contributed by atoms with Gasteiger partial charge in [0, 0.05) is 19.1 Å². The smallest absolute Gasteiger partial charge is 0.407 e. The molecule has 2 amide bonds. The molecule has 0 aromatic carbocycles. The highest BCUT2D eigenvalue weighted by atomic mass is 16.6. The predicted molar refractivity (Wildman–Crippen MR) is 103 cm³/mol. The van der Waals surface area contributed by atoms with E-state index in [1.165, 1.54) is 0 Å². The summed E-state index contributed by atoms with van der Waals surface area (Å²) in [5.41, 5.74) is 0.875. The maximum Gasteiger partial charge on any atom is 0.407 e. The molecule has 9 nitrogen and oxygen atoms in total. The Bertz CT molecular complexity index is 754. The lowest BCUT2D eigenvalue weighted by molar-refractivity contribution is -0.117. The number of amides is 2.